The lowest BCUT2D eigenvalue weighted by atomic mass is 9.60. The van der Waals surface area contributed by atoms with Crippen LogP contribution in [0.15, 0.2) is 206 Å². The fourth-order valence-corrected chi connectivity index (χ4v) is 10.9. The lowest BCUT2D eigenvalue weighted by molar-refractivity contribution is 0.103. The van der Waals surface area contributed by atoms with E-state index in [9.17, 15) is 0 Å². The van der Waals surface area contributed by atoms with Crippen molar-refractivity contribution in [1.82, 2.24) is 0 Å². The van der Waals surface area contributed by atoms with E-state index in [2.05, 4.69) is 220 Å². The van der Waals surface area contributed by atoms with Gasteiger partial charge in [-0.3, -0.25) is 4.79 Å². The van der Waals surface area contributed by atoms with Gasteiger partial charge in [-0.25, -0.2) is 0 Å². The van der Waals surface area contributed by atoms with Crippen LogP contribution in [0.25, 0.3) is 66.8 Å². The molecule has 12 rings (SSSR count). The van der Waals surface area contributed by atoms with Crippen molar-refractivity contribution in [2.45, 2.75) is 24.7 Å². The van der Waals surface area contributed by atoms with Gasteiger partial charge in [0, 0.05) is 16.5 Å². The molecule has 0 N–H and O–H groups in total. The summed E-state index contributed by atoms with van der Waals surface area (Å²) in [7, 11) is 0. The first kappa shape index (κ1) is 34.7. The third kappa shape index (κ3) is 4.84. The molecule has 0 bridgehead atoms. The fraction of sp³-hybridized carbons (Fsp3) is 0.0678. The number of ketones is 1. The first-order valence-electron chi connectivity index (χ1n) is 21.0. The van der Waals surface area contributed by atoms with Crippen LogP contribution in [0.3, 0.4) is 0 Å². The molecule has 0 saturated heterocycles. The molecule has 0 aromatic heterocycles. The van der Waals surface area contributed by atoms with E-state index in [4.69, 9.17) is 0 Å². The Hall–Kier alpha value is -7.35. The highest BCUT2D eigenvalue weighted by Crippen LogP contribution is 2.60. The molecule has 1 nitrogen and oxygen atoms in total. The van der Waals surface area contributed by atoms with Crippen molar-refractivity contribution in [3.05, 3.63) is 251 Å². The molecule has 9 aromatic rings. The Bertz CT molecular complexity index is 3140. The van der Waals surface area contributed by atoms with Crippen LogP contribution in [-0.4, -0.2) is 5.78 Å². The molecule has 9 aromatic carbocycles. The van der Waals surface area contributed by atoms with Crippen molar-refractivity contribution >= 4 is 5.78 Å². The zero-order valence-corrected chi connectivity index (χ0v) is 33.5. The molecule has 1 spiro atoms. The molecule has 0 heterocycles. The number of carbonyl (C=O) groups is 1. The van der Waals surface area contributed by atoms with Crippen molar-refractivity contribution in [1.29, 1.82) is 0 Å². The molecule has 0 fully saturated rings. The van der Waals surface area contributed by atoms with Crippen LogP contribution in [0.1, 0.15) is 63.1 Å². The van der Waals surface area contributed by atoms with E-state index < -0.39 is 5.41 Å². The van der Waals surface area contributed by atoms with Crippen molar-refractivity contribution in [3.8, 4) is 66.8 Å². The standard InChI is InChI=1S/C59H40O/c1-58(2)51-22-12-9-21-47(51)49-34-39(26-29-52(49)58)40-27-30-55-50(35-40)57(60)48-28-25-41(36-56(48)59(55)53-23-13-10-19-45(53)46-20-11-14-24-54(46)59)44-32-42(37-15-5-3-6-16-37)31-43(33-44)38-17-7-4-8-18-38/h3-36H,1-2H3. The summed E-state index contributed by atoms with van der Waals surface area (Å²) in [5.41, 5.74) is 22.0. The predicted molar refractivity (Wildman–Crippen MR) is 246 cm³/mol. The second-order valence-corrected chi connectivity index (χ2v) is 17.2. The SMILES string of the molecule is CC1(C)c2ccccc2-c2cc(-c3ccc4c(c3)C(=O)c3ccc(-c5cc(-c6ccccc6)cc(-c6ccccc6)c5)cc3C43c4ccccc4-c4ccccc43)ccc21. The van der Waals surface area contributed by atoms with Crippen molar-refractivity contribution in [2.75, 3.05) is 0 Å². The van der Waals surface area contributed by atoms with Gasteiger partial charge in [0.2, 0.25) is 0 Å². The van der Waals surface area contributed by atoms with Crippen molar-refractivity contribution in [3.63, 3.8) is 0 Å². The van der Waals surface area contributed by atoms with Gasteiger partial charge in [-0.05, 0) is 137 Å². The predicted octanol–water partition coefficient (Wildman–Crippen LogP) is 14.6. The average molecular weight is 765 g/mol. The Labute approximate surface area is 351 Å². The van der Waals surface area contributed by atoms with Crippen LogP contribution in [0, 0.1) is 0 Å². The Morgan fingerprint density at radius 2 is 0.667 bits per heavy atom. The lowest BCUT2D eigenvalue weighted by Crippen LogP contribution is -2.36. The summed E-state index contributed by atoms with van der Waals surface area (Å²) < 4.78 is 0. The zero-order chi connectivity index (χ0) is 40.2. The van der Waals surface area contributed by atoms with Crippen LogP contribution in [0.4, 0.5) is 0 Å². The molecule has 0 aliphatic heterocycles. The van der Waals surface area contributed by atoms with E-state index in [0.29, 0.717) is 0 Å². The van der Waals surface area contributed by atoms with Crippen LogP contribution in [0.5, 0.6) is 0 Å². The molecule has 1 heteroatoms. The first-order valence-corrected chi connectivity index (χ1v) is 21.0. The second kappa shape index (κ2) is 12.8. The lowest BCUT2D eigenvalue weighted by Gasteiger charge is -2.40. The van der Waals surface area contributed by atoms with E-state index in [-0.39, 0.29) is 11.2 Å². The normalized spacial score (nSPS) is 14.5. The van der Waals surface area contributed by atoms with E-state index in [1.54, 1.807) is 0 Å². The topological polar surface area (TPSA) is 17.1 Å². The number of hydrogen-bond acceptors (Lipinski definition) is 1. The highest BCUT2D eigenvalue weighted by atomic mass is 16.1. The third-order valence-corrected chi connectivity index (χ3v) is 13.7. The summed E-state index contributed by atoms with van der Waals surface area (Å²) >= 11 is 0. The minimum absolute atomic E-state index is 0.0662. The van der Waals surface area contributed by atoms with E-state index in [1.165, 1.54) is 55.6 Å². The highest BCUT2D eigenvalue weighted by Gasteiger charge is 2.51. The van der Waals surface area contributed by atoms with Gasteiger partial charge in [0.05, 0.1) is 5.41 Å². The maximum atomic E-state index is 15.2. The largest absolute Gasteiger partial charge is 0.289 e. The molecule has 0 saturated carbocycles. The summed E-state index contributed by atoms with van der Waals surface area (Å²) in [5, 5.41) is 0. The van der Waals surface area contributed by atoms with E-state index in [1.807, 2.05) is 0 Å². The van der Waals surface area contributed by atoms with Gasteiger partial charge < -0.3 is 0 Å². The Morgan fingerprint density at radius 1 is 0.267 bits per heavy atom. The van der Waals surface area contributed by atoms with E-state index in [0.717, 1.165) is 55.6 Å². The summed E-state index contributed by atoms with van der Waals surface area (Å²) in [6, 6.07) is 74.6. The summed E-state index contributed by atoms with van der Waals surface area (Å²) in [5.74, 6) is 0.0662. The Kier molecular flexibility index (Phi) is 7.41. The van der Waals surface area contributed by atoms with Crippen LogP contribution in [-0.2, 0) is 10.8 Å². The van der Waals surface area contributed by atoms with Gasteiger partial charge >= 0.3 is 0 Å². The monoisotopic (exact) mass is 764 g/mol. The molecule has 0 atom stereocenters. The number of benzene rings is 9. The minimum atomic E-state index is -0.694. The summed E-state index contributed by atoms with van der Waals surface area (Å²) in [6.45, 7) is 4.63. The van der Waals surface area contributed by atoms with Crippen LogP contribution in [0.2, 0.25) is 0 Å². The molecule has 0 unspecified atom stereocenters. The average Bonchev–Trinajstić information content (AvgIpc) is 3.73. The highest BCUT2D eigenvalue weighted by molar-refractivity contribution is 6.16. The van der Waals surface area contributed by atoms with Gasteiger partial charge in [-0.15, -0.1) is 0 Å². The molecule has 3 aliphatic rings. The summed E-state index contributed by atoms with van der Waals surface area (Å²) in [6.07, 6.45) is 0. The van der Waals surface area contributed by atoms with Gasteiger partial charge in [-0.1, -0.05) is 184 Å². The summed E-state index contributed by atoms with van der Waals surface area (Å²) in [4.78, 5) is 15.2. The van der Waals surface area contributed by atoms with Crippen molar-refractivity contribution < 1.29 is 4.79 Å². The minimum Gasteiger partial charge on any atom is -0.289 e. The second-order valence-electron chi connectivity index (χ2n) is 17.2. The number of hydrogen-bond donors (Lipinski definition) is 0. The van der Waals surface area contributed by atoms with Gasteiger partial charge in [0.15, 0.2) is 5.78 Å². The Balaban J connectivity index is 1.08. The number of fused-ring (bicyclic) bond motifs is 12. The van der Waals surface area contributed by atoms with Gasteiger partial charge in [0.25, 0.3) is 0 Å². The molecule has 0 radical (unpaired) electrons. The van der Waals surface area contributed by atoms with Gasteiger partial charge in [0.1, 0.15) is 0 Å². The third-order valence-electron chi connectivity index (χ3n) is 13.7. The van der Waals surface area contributed by atoms with Crippen LogP contribution < -0.4 is 0 Å². The maximum Gasteiger partial charge on any atom is 0.193 e. The maximum absolute atomic E-state index is 15.2. The zero-order valence-electron chi connectivity index (χ0n) is 33.5. The molecular weight excluding hydrogens is 725 g/mol. The number of carbonyl (C=O) groups excluding carboxylic acids is 1. The Morgan fingerprint density at radius 3 is 1.25 bits per heavy atom. The van der Waals surface area contributed by atoms with E-state index >= 15 is 4.79 Å². The number of rotatable bonds is 4. The smallest absolute Gasteiger partial charge is 0.193 e. The van der Waals surface area contributed by atoms with Crippen LogP contribution >= 0.6 is 0 Å². The molecule has 60 heavy (non-hydrogen) atoms. The molecular formula is C59H40O. The van der Waals surface area contributed by atoms with Gasteiger partial charge in [-0.2, -0.15) is 0 Å². The molecule has 3 aliphatic carbocycles. The molecule has 0 amide bonds. The molecule has 282 valence electrons. The van der Waals surface area contributed by atoms with Crippen molar-refractivity contribution in [2.24, 2.45) is 0 Å². The first-order chi connectivity index (χ1) is 29.4. The quantitative estimate of drug-likeness (QED) is 0.174. The fourth-order valence-electron chi connectivity index (χ4n) is 10.9.